The molecule has 0 aliphatic rings. The number of carbonyl (C=O) groups excluding carboxylic acids is 2. The lowest BCUT2D eigenvalue weighted by Crippen LogP contribution is -2.43. The Morgan fingerprint density at radius 2 is 1.43 bits per heavy atom. The van der Waals surface area contributed by atoms with Crippen molar-refractivity contribution in [3.63, 3.8) is 0 Å². The third-order valence-electron chi connectivity index (χ3n) is 5.26. The summed E-state index contributed by atoms with van der Waals surface area (Å²) in [4.78, 5) is 23.8. The first-order chi connectivity index (χ1) is 17.6. The van der Waals surface area contributed by atoms with Crippen molar-refractivity contribution in [3.05, 3.63) is 12.7 Å². The van der Waals surface area contributed by atoms with Gasteiger partial charge in [-0.1, -0.05) is 13.0 Å². The van der Waals surface area contributed by atoms with Gasteiger partial charge < -0.3 is 44.5 Å². The quantitative estimate of drug-likeness (QED) is 0.114. The van der Waals surface area contributed by atoms with Crippen molar-refractivity contribution in [2.75, 3.05) is 79.2 Å². The Morgan fingerprint density at radius 3 is 1.95 bits per heavy atom. The summed E-state index contributed by atoms with van der Waals surface area (Å²) in [7, 11) is 0. The maximum Gasteiger partial charge on any atom is 0.407 e. The van der Waals surface area contributed by atoms with Crippen LogP contribution in [0, 0.1) is 11.3 Å². The molecule has 0 rings (SSSR count). The average molecular weight is 535 g/mol. The summed E-state index contributed by atoms with van der Waals surface area (Å²) in [6.07, 6.45) is 2.40. The normalized spacial score (nSPS) is 12.7. The fourth-order valence-corrected chi connectivity index (χ4v) is 2.91. The van der Waals surface area contributed by atoms with Crippen molar-refractivity contribution in [3.8, 4) is 0 Å². The van der Waals surface area contributed by atoms with E-state index >= 15 is 0 Å². The number of amides is 2. The average Bonchev–Trinajstić information content (AvgIpc) is 2.85. The first kappa shape index (κ1) is 35.2. The highest BCUT2D eigenvalue weighted by atomic mass is 16.6. The molecule has 0 saturated carbocycles. The standard InChI is InChI=1S/C26H50N2O9/c1-6-22(2)18-36-17-16-35-15-14-34-13-12-33-11-8-23(31)28-19-26(20-29,21-30)9-7-10-27-24(32)37-25(3,4)5/h6,22,29-30H,1,7-21H2,2-5H3,(H,27,32)(H,28,31). The van der Waals surface area contributed by atoms with Crippen molar-refractivity contribution in [1.29, 1.82) is 0 Å². The van der Waals surface area contributed by atoms with Gasteiger partial charge in [0.1, 0.15) is 5.60 Å². The summed E-state index contributed by atoms with van der Waals surface area (Å²) in [5.74, 6) is 0.0903. The van der Waals surface area contributed by atoms with E-state index in [1.54, 1.807) is 20.8 Å². The molecule has 0 spiro atoms. The van der Waals surface area contributed by atoms with Crippen LogP contribution in [-0.2, 0) is 28.5 Å². The minimum absolute atomic E-state index is 0.118. The van der Waals surface area contributed by atoms with Crippen LogP contribution >= 0.6 is 0 Å². The van der Waals surface area contributed by atoms with Crippen LogP contribution in [0.25, 0.3) is 0 Å². The van der Waals surface area contributed by atoms with Crippen LogP contribution in [0.2, 0.25) is 0 Å². The summed E-state index contributed by atoms with van der Waals surface area (Å²) in [5, 5.41) is 25.0. The van der Waals surface area contributed by atoms with Gasteiger partial charge in [-0.15, -0.1) is 6.58 Å². The summed E-state index contributed by atoms with van der Waals surface area (Å²) in [5.41, 5.74) is -1.46. The lowest BCUT2D eigenvalue weighted by Gasteiger charge is -2.30. The SMILES string of the molecule is C=CC(C)COCCOCCOCCOCCC(=O)NCC(CO)(CO)CCCNC(=O)OC(C)(C)C. The first-order valence-corrected chi connectivity index (χ1v) is 13.0. The maximum atomic E-state index is 12.1. The zero-order valence-electron chi connectivity index (χ0n) is 23.2. The number of carbonyl (C=O) groups is 2. The Bertz CT molecular complexity index is 607. The van der Waals surface area contributed by atoms with Crippen molar-refractivity contribution in [1.82, 2.24) is 10.6 Å². The molecule has 2 amide bonds. The molecule has 0 aromatic carbocycles. The van der Waals surface area contributed by atoms with Crippen molar-refractivity contribution < 1.29 is 43.5 Å². The third-order valence-corrected chi connectivity index (χ3v) is 5.26. The van der Waals surface area contributed by atoms with Crippen LogP contribution in [0.5, 0.6) is 0 Å². The van der Waals surface area contributed by atoms with E-state index in [0.29, 0.717) is 71.6 Å². The van der Waals surface area contributed by atoms with Gasteiger partial charge in [-0.25, -0.2) is 4.79 Å². The molecule has 218 valence electrons. The molecule has 0 radical (unpaired) electrons. The molecule has 0 aliphatic heterocycles. The number of aliphatic hydroxyl groups excluding tert-OH is 2. The molecule has 0 saturated heterocycles. The van der Waals surface area contributed by atoms with Gasteiger partial charge in [0.2, 0.25) is 5.91 Å². The van der Waals surface area contributed by atoms with Gasteiger partial charge in [0.05, 0.1) is 66.1 Å². The minimum atomic E-state index is -0.877. The smallest absolute Gasteiger partial charge is 0.407 e. The monoisotopic (exact) mass is 534 g/mol. The molecular weight excluding hydrogens is 484 g/mol. The lowest BCUT2D eigenvalue weighted by atomic mass is 9.84. The van der Waals surface area contributed by atoms with Crippen LogP contribution in [0.4, 0.5) is 4.79 Å². The number of alkyl carbamates (subject to hydrolysis) is 1. The molecule has 0 aromatic heterocycles. The van der Waals surface area contributed by atoms with E-state index in [1.807, 2.05) is 13.0 Å². The molecular formula is C26H50N2O9. The predicted molar refractivity (Wildman–Crippen MR) is 140 cm³/mol. The molecule has 0 heterocycles. The molecule has 11 nitrogen and oxygen atoms in total. The fraction of sp³-hybridized carbons (Fsp3) is 0.846. The van der Waals surface area contributed by atoms with Gasteiger partial charge in [0.25, 0.3) is 0 Å². The predicted octanol–water partition coefficient (Wildman–Crippen LogP) is 1.66. The van der Waals surface area contributed by atoms with E-state index in [0.717, 1.165) is 0 Å². The van der Waals surface area contributed by atoms with Gasteiger partial charge in [-0.05, 0) is 39.5 Å². The van der Waals surface area contributed by atoms with Crippen LogP contribution in [0.3, 0.4) is 0 Å². The van der Waals surface area contributed by atoms with E-state index in [-0.39, 0.29) is 38.7 Å². The highest BCUT2D eigenvalue weighted by molar-refractivity contribution is 5.76. The maximum absolute atomic E-state index is 12.1. The molecule has 0 bridgehead atoms. The minimum Gasteiger partial charge on any atom is -0.444 e. The van der Waals surface area contributed by atoms with Crippen molar-refractivity contribution >= 4 is 12.0 Å². The third kappa shape index (κ3) is 20.9. The first-order valence-electron chi connectivity index (χ1n) is 13.0. The van der Waals surface area contributed by atoms with E-state index in [4.69, 9.17) is 23.7 Å². The summed E-state index contributed by atoms with van der Waals surface area (Å²) in [6.45, 7) is 14.5. The van der Waals surface area contributed by atoms with E-state index in [1.165, 1.54) is 0 Å². The summed E-state index contributed by atoms with van der Waals surface area (Å²) < 4.78 is 26.8. The second kappa shape index (κ2) is 21.2. The Hall–Kier alpha value is -1.76. The molecule has 37 heavy (non-hydrogen) atoms. The van der Waals surface area contributed by atoms with E-state index in [2.05, 4.69) is 17.2 Å². The van der Waals surface area contributed by atoms with Crippen molar-refractivity contribution in [2.24, 2.45) is 11.3 Å². The number of rotatable bonds is 23. The highest BCUT2D eigenvalue weighted by Gasteiger charge is 2.29. The van der Waals surface area contributed by atoms with Crippen molar-refractivity contribution in [2.45, 2.75) is 52.6 Å². The molecule has 4 N–H and O–H groups in total. The van der Waals surface area contributed by atoms with Gasteiger partial charge in [0.15, 0.2) is 0 Å². The van der Waals surface area contributed by atoms with Crippen LogP contribution < -0.4 is 10.6 Å². The van der Waals surface area contributed by atoms with Gasteiger partial charge in [0, 0.05) is 24.9 Å². The zero-order valence-corrected chi connectivity index (χ0v) is 23.2. The second-order valence-corrected chi connectivity index (χ2v) is 10.0. The Labute approximate surface area is 222 Å². The number of nitrogens with one attached hydrogen (secondary N) is 2. The molecule has 11 heteroatoms. The topological polar surface area (TPSA) is 145 Å². The zero-order chi connectivity index (χ0) is 28.0. The number of hydrogen-bond donors (Lipinski definition) is 4. The van der Waals surface area contributed by atoms with Crippen LogP contribution in [-0.4, -0.2) is 107 Å². The Kier molecular flexibility index (Phi) is 20.2. The Morgan fingerprint density at radius 1 is 0.892 bits per heavy atom. The number of hydrogen-bond acceptors (Lipinski definition) is 9. The van der Waals surface area contributed by atoms with Gasteiger partial charge in [-0.2, -0.15) is 0 Å². The summed E-state index contributed by atoms with van der Waals surface area (Å²) in [6, 6.07) is 0. The molecule has 0 fully saturated rings. The molecule has 1 unspecified atom stereocenters. The molecule has 0 aromatic rings. The molecule has 1 atom stereocenters. The van der Waals surface area contributed by atoms with Gasteiger partial charge in [-0.3, -0.25) is 4.79 Å². The van der Waals surface area contributed by atoms with E-state index in [9.17, 15) is 19.8 Å². The summed E-state index contributed by atoms with van der Waals surface area (Å²) >= 11 is 0. The number of aliphatic hydroxyl groups is 2. The lowest BCUT2D eigenvalue weighted by molar-refractivity contribution is -0.123. The second-order valence-electron chi connectivity index (χ2n) is 10.0. The Balaban J connectivity index is 3.82. The molecule has 0 aliphatic carbocycles. The van der Waals surface area contributed by atoms with Crippen LogP contribution in [0.1, 0.15) is 47.0 Å². The number of ether oxygens (including phenoxy) is 5. The van der Waals surface area contributed by atoms with E-state index < -0.39 is 17.1 Å². The highest BCUT2D eigenvalue weighted by Crippen LogP contribution is 2.22. The fourth-order valence-electron chi connectivity index (χ4n) is 2.91. The largest absolute Gasteiger partial charge is 0.444 e. The van der Waals surface area contributed by atoms with Crippen LogP contribution in [0.15, 0.2) is 12.7 Å². The van der Waals surface area contributed by atoms with Gasteiger partial charge >= 0.3 is 6.09 Å².